The average molecular weight is 320 g/mol. The first-order chi connectivity index (χ1) is 11.0. The third kappa shape index (κ3) is 4.51. The van der Waals surface area contributed by atoms with Crippen molar-refractivity contribution < 1.29 is 14.8 Å². The lowest BCUT2D eigenvalue weighted by atomic mass is 10.2. The summed E-state index contributed by atoms with van der Waals surface area (Å²) in [6.45, 7) is 0.757. The Kier molecular flexibility index (Phi) is 5.67. The summed E-state index contributed by atoms with van der Waals surface area (Å²) in [4.78, 5) is 15.8. The van der Waals surface area contributed by atoms with Crippen LogP contribution in [0.25, 0.3) is 0 Å². The molecular weight excluding hydrogens is 300 g/mol. The average Bonchev–Trinajstić information content (AvgIpc) is 2.90. The molecule has 0 amide bonds. The molecule has 0 unspecified atom stereocenters. The molecular formula is C15H20N4O4. The minimum Gasteiger partial charge on any atom is -0.389 e. The number of anilines is 1. The van der Waals surface area contributed by atoms with E-state index >= 15 is 0 Å². The SMILES string of the molecule is CN(C[C@H](O)COCc1ccccc1)c1c([N+](=O)[O-])ncn1C. The lowest BCUT2D eigenvalue weighted by Crippen LogP contribution is -2.33. The van der Waals surface area contributed by atoms with Gasteiger partial charge in [-0.1, -0.05) is 30.3 Å². The molecule has 2 rings (SSSR count). The van der Waals surface area contributed by atoms with E-state index in [2.05, 4.69) is 4.98 Å². The molecule has 1 aromatic heterocycles. The standard InChI is InChI=1S/C15H20N4O4/c1-17(15-14(19(21)22)16-11-18(15)2)8-13(20)10-23-9-12-6-4-3-5-7-12/h3-7,11,13,20H,8-10H2,1-2H3/t13-/m0/s1. The van der Waals surface area contributed by atoms with Crippen LogP contribution in [0.3, 0.4) is 0 Å². The van der Waals surface area contributed by atoms with Gasteiger partial charge in [-0.3, -0.25) is 4.57 Å². The Morgan fingerprint density at radius 3 is 2.78 bits per heavy atom. The summed E-state index contributed by atoms with van der Waals surface area (Å²) in [7, 11) is 3.34. The Labute approximate surface area is 134 Å². The van der Waals surface area contributed by atoms with Crippen LogP contribution in [0, 0.1) is 10.1 Å². The second-order valence-electron chi connectivity index (χ2n) is 5.29. The number of rotatable bonds is 8. The zero-order valence-electron chi connectivity index (χ0n) is 13.1. The fraction of sp³-hybridized carbons (Fsp3) is 0.400. The molecule has 0 saturated carbocycles. The van der Waals surface area contributed by atoms with E-state index in [4.69, 9.17) is 4.74 Å². The van der Waals surface area contributed by atoms with Crippen molar-refractivity contribution in [3.8, 4) is 0 Å². The van der Waals surface area contributed by atoms with E-state index in [0.717, 1.165) is 5.56 Å². The molecule has 8 heteroatoms. The third-order valence-electron chi connectivity index (χ3n) is 3.33. The van der Waals surface area contributed by atoms with Gasteiger partial charge in [0.25, 0.3) is 0 Å². The number of nitro groups is 1. The number of aliphatic hydroxyl groups is 1. The first kappa shape index (κ1) is 16.9. The monoisotopic (exact) mass is 320 g/mol. The maximum Gasteiger partial charge on any atom is 0.406 e. The largest absolute Gasteiger partial charge is 0.406 e. The molecule has 1 aromatic carbocycles. The van der Waals surface area contributed by atoms with Crippen LogP contribution in [0.1, 0.15) is 5.56 Å². The molecule has 0 saturated heterocycles. The fourth-order valence-corrected chi connectivity index (χ4v) is 2.32. The number of benzene rings is 1. The van der Waals surface area contributed by atoms with Crippen molar-refractivity contribution >= 4 is 11.6 Å². The molecule has 0 bridgehead atoms. The number of imidazole rings is 1. The van der Waals surface area contributed by atoms with Crippen molar-refractivity contribution in [1.82, 2.24) is 9.55 Å². The van der Waals surface area contributed by atoms with E-state index in [1.807, 2.05) is 30.3 Å². The van der Waals surface area contributed by atoms with E-state index in [9.17, 15) is 15.2 Å². The van der Waals surface area contributed by atoms with Crippen molar-refractivity contribution in [1.29, 1.82) is 0 Å². The number of hydrogen-bond acceptors (Lipinski definition) is 6. The van der Waals surface area contributed by atoms with Crippen LogP contribution in [-0.2, 0) is 18.4 Å². The Balaban J connectivity index is 1.86. The molecule has 2 aromatic rings. The molecule has 23 heavy (non-hydrogen) atoms. The number of likely N-dealkylation sites (N-methyl/N-ethyl adjacent to an activating group) is 1. The Hall–Kier alpha value is -2.45. The summed E-state index contributed by atoms with van der Waals surface area (Å²) in [5.74, 6) is 0.115. The highest BCUT2D eigenvalue weighted by molar-refractivity contribution is 5.54. The summed E-state index contributed by atoms with van der Waals surface area (Å²) >= 11 is 0. The minimum absolute atomic E-state index is 0.144. The van der Waals surface area contributed by atoms with Crippen LogP contribution in [0.5, 0.6) is 0 Å². The smallest absolute Gasteiger partial charge is 0.389 e. The molecule has 0 radical (unpaired) electrons. The molecule has 0 fully saturated rings. The zero-order valence-corrected chi connectivity index (χ0v) is 13.1. The normalized spacial score (nSPS) is 12.1. The summed E-state index contributed by atoms with van der Waals surface area (Å²) in [6.07, 6.45) is 0.612. The molecule has 0 aliphatic heterocycles. The van der Waals surface area contributed by atoms with Crippen LogP contribution < -0.4 is 4.90 Å². The van der Waals surface area contributed by atoms with Crippen LogP contribution in [0.15, 0.2) is 36.7 Å². The van der Waals surface area contributed by atoms with Gasteiger partial charge in [-0.2, -0.15) is 0 Å². The number of nitrogens with zero attached hydrogens (tertiary/aromatic N) is 4. The van der Waals surface area contributed by atoms with Crippen molar-refractivity contribution in [2.24, 2.45) is 7.05 Å². The summed E-state index contributed by atoms with van der Waals surface area (Å²) in [6, 6.07) is 9.65. The van der Waals surface area contributed by atoms with Gasteiger partial charge in [-0.05, 0) is 15.5 Å². The van der Waals surface area contributed by atoms with Crippen LogP contribution >= 0.6 is 0 Å². The van der Waals surface area contributed by atoms with Gasteiger partial charge in [0.1, 0.15) is 0 Å². The number of hydrogen-bond donors (Lipinski definition) is 1. The molecule has 1 atom stereocenters. The lowest BCUT2D eigenvalue weighted by molar-refractivity contribution is -0.388. The van der Waals surface area contributed by atoms with Gasteiger partial charge in [0.2, 0.25) is 12.1 Å². The van der Waals surface area contributed by atoms with Crippen LogP contribution in [-0.4, -0.2) is 45.9 Å². The van der Waals surface area contributed by atoms with Gasteiger partial charge >= 0.3 is 5.82 Å². The molecule has 0 aliphatic rings. The quantitative estimate of drug-likeness (QED) is 0.583. The maximum atomic E-state index is 11.0. The van der Waals surface area contributed by atoms with Crippen LogP contribution in [0.4, 0.5) is 11.6 Å². The van der Waals surface area contributed by atoms with E-state index in [0.29, 0.717) is 12.4 Å². The summed E-state index contributed by atoms with van der Waals surface area (Å²) < 4.78 is 7.03. The van der Waals surface area contributed by atoms with Crippen molar-refractivity contribution in [3.63, 3.8) is 0 Å². The number of aliphatic hydroxyl groups excluding tert-OH is 1. The summed E-state index contributed by atoms with van der Waals surface area (Å²) in [5, 5.41) is 21.0. The predicted molar refractivity (Wildman–Crippen MR) is 85.2 cm³/mol. The van der Waals surface area contributed by atoms with Crippen molar-refractivity contribution in [2.75, 3.05) is 25.1 Å². The van der Waals surface area contributed by atoms with Gasteiger partial charge in [-0.15, -0.1) is 0 Å². The van der Waals surface area contributed by atoms with Gasteiger partial charge < -0.3 is 24.9 Å². The van der Waals surface area contributed by atoms with E-state index in [1.165, 1.54) is 6.33 Å². The van der Waals surface area contributed by atoms with Gasteiger partial charge in [0.15, 0.2) is 0 Å². The molecule has 0 aliphatic carbocycles. The second-order valence-corrected chi connectivity index (χ2v) is 5.29. The van der Waals surface area contributed by atoms with E-state index in [-0.39, 0.29) is 19.0 Å². The third-order valence-corrected chi connectivity index (χ3v) is 3.33. The van der Waals surface area contributed by atoms with Crippen LogP contribution in [0.2, 0.25) is 0 Å². The highest BCUT2D eigenvalue weighted by Crippen LogP contribution is 2.24. The highest BCUT2D eigenvalue weighted by atomic mass is 16.6. The minimum atomic E-state index is -0.766. The fourth-order valence-electron chi connectivity index (χ4n) is 2.32. The maximum absolute atomic E-state index is 11.0. The first-order valence-electron chi connectivity index (χ1n) is 7.15. The molecule has 1 N–H and O–H groups in total. The van der Waals surface area contributed by atoms with Gasteiger partial charge in [-0.25, -0.2) is 0 Å². The topological polar surface area (TPSA) is 93.7 Å². The predicted octanol–water partition coefficient (Wildman–Crippen LogP) is 1.34. The molecule has 124 valence electrons. The number of aromatic nitrogens is 2. The Bertz CT molecular complexity index is 644. The van der Waals surface area contributed by atoms with Gasteiger partial charge in [0.05, 0.1) is 19.3 Å². The molecule has 0 spiro atoms. The highest BCUT2D eigenvalue weighted by Gasteiger charge is 2.24. The first-order valence-corrected chi connectivity index (χ1v) is 7.15. The molecule has 1 heterocycles. The Morgan fingerprint density at radius 2 is 2.13 bits per heavy atom. The number of aryl methyl sites for hydroxylation is 1. The second kappa shape index (κ2) is 7.70. The molecule has 8 nitrogen and oxygen atoms in total. The number of ether oxygens (including phenoxy) is 1. The lowest BCUT2D eigenvalue weighted by Gasteiger charge is -2.21. The van der Waals surface area contributed by atoms with E-state index in [1.54, 1.807) is 23.6 Å². The Morgan fingerprint density at radius 1 is 1.43 bits per heavy atom. The zero-order chi connectivity index (χ0) is 16.8. The van der Waals surface area contributed by atoms with Gasteiger partial charge in [0, 0.05) is 20.6 Å². The summed E-state index contributed by atoms with van der Waals surface area (Å²) in [5.41, 5.74) is 1.02. The van der Waals surface area contributed by atoms with Crippen molar-refractivity contribution in [3.05, 3.63) is 52.3 Å². The van der Waals surface area contributed by atoms with Crippen molar-refractivity contribution in [2.45, 2.75) is 12.7 Å². The van der Waals surface area contributed by atoms with E-state index < -0.39 is 11.0 Å².